The Bertz CT molecular complexity index is 3500. The van der Waals surface area contributed by atoms with Crippen molar-refractivity contribution in [1.29, 1.82) is 0 Å². The minimum atomic E-state index is 0.637. The molecule has 0 fully saturated rings. The molecule has 12 aromatic rings. The Balaban J connectivity index is 1.19. The van der Waals surface area contributed by atoms with Gasteiger partial charge in [-0.2, -0.15) is 0 Å². The van der Waals surface area contributed by atoms with Crippen LogP contribution in [0, 0.1) is 0 Å². The number of rotatable bonds is 7. The SMILES string of the molecule is c1ccc(-c2cc(-c3ccccc3)nc(-c3ccc(-n4c5ccccc5c5ccc6sc7ccccc7c6c54)c(-c4nc(-c5ccccc5)cc(-c5ccccc5)n4)c3)c2)cc1. The lowest BCUT2D eigenvalue weighted by molar-refractivity contribution is 1.14. The topological polar surface area (TPSA) is 43.6 Å². The zero-order valence-electron chi connectivity index (χ0n) is 33.5. The molecule has 0 atom stereocenters. The molecule has 4 heterocycles. The van der Waals surface area contributed by atoms with E-state index in [0.29, 0.717) is 5.82 Å². The van der Waals surface area contributed by atoms with E-state index in [2.05, 4.69) is 205 Å². The molecule has 0 amide bonds. The first kappa shape index (κ1) is 35.9. The van der Waals surface area contributed by atoms with E-state index in [1.165, 1.54) is 36.5 Å². The predicted octanol–water partition coefficient (Wildman–Crippen LogP) is 15.3. The van der Waals surface area contributed by atoms with E-state index in [9.17, 15) is 0 Å². The van der Waals surface area contributed by atoms with Gasteiger partial charge in [0.25, 0.3) is 0 Å². The summed E-state index contributed by atoms with van der Waals surface area (Å²) in [5.41, 5.74) is 14.0. The number of fused-ring (bicyclic) bond motifs is 7. The first-order valence-corrected chi connectivity index (χ1v) is 21.7. The normalized spacial score (nSPS) is 11.5. The van der Waals surface area contributed by atoms with E-state index in [1.807, 2.05) is 29.5 Å². The summed E-state index contributed by atoms with van der Waals surface area (Å²) in [6, 6.07) is 77.2. The van der Waals surface area contributed by atoms with Gasteiger partial charge in [-0.15, -0.1) is 11.3 Å². The van der Waals surface area contributed by atoms with Gasteiger partial charge in [0.15, 0.2) is 5.82 Å². The molecule has 0 saturated carbocycles. The van der Waals surface area contributed by atoms with Crippen LogP contribution in [0.2, 0.25) is 0 Å². The summed E-state index contributed by atoms with van der Waals surface area (Å²) >= 11 is 1.84. The minimum absolute atomic E-state index is 0.637. The number of nitrogens with zero attached hydrogens (tertiary/aromatic N) is 4. The largest absolute Gasteiger partial charge is 0.308 e. The number of hydrogen-bond acceptors (Lipinski definition) is 4. The molecule has 4 nitrogen and oxygen atoms in total. The Labute approximate surface area is 362 Å². The van der Waals surface area contributed by atoms with Crippen molar-refractivity contribution >= 4 is 53.3 Å². The molecule has 4 aromatic heterocycles. The lowest BCUT2D eigenvalue weighted by Gasteiger charge is -2.17. The zero-order chi connectivity index (χ0) is 41.0. The van der Waals surface area contributed by atoms with E-state index in [0.717, 1.165) is 72.9 Å². The van der Waals surface area contributed by atoms with Gasteiger partial charge in [-0.05, 0) is 59.7 Å². The van der Waals surface area contributed by atoms with Crippen molar-refractivity contribution in [2.75, 3.05) is 0 Å². The summed E-state index contributed by atoms with van der Waals surface area (Å²) in [5.74, 6) is 0.637. The van der Waals surface area contributed by atoms with Crippen molar-refractivity contribution < 1.29 is 0 Å². The Morgan fingerprint density at radius 3 is 1.52 bits per heavy atom. The van der Waals surface area contributed by atoms with Gasteiger partial charge in [-0.25, -0.2) is 15.0 Å². The van der Waals surface area contributed by atoms with Gasteiger partial charge in [0, 0.05) is 58.8 Å². The van der Waals surface area contributed by atoms with Crippen molar-refractivity contribution in [3.8, 4) is 73.2 Å². The van der Waals surface area contributed by atoms with Crippen molar-refractivity contribution in [2.24, 2.45) is 0 Å². The number of para-hydroxylation sites is 1. The van der Waals surface area contributed by atoms with Crippen LogP contribution in [0.1, 0.15) is 0 Å². The Hall–Kier alpha value is -7.99. The van der Waals surface area contributed by atoms with Crippen molar-refractivity contribution in [3.63, 3.8) is 0 Å². The lowest BCUT2D eigenvalue weighted by atomic mass is 9.98. The molecule has 0 aliphatic rings. The molecule has 5 heteroatoms. The molecule has 0 N–H and O–H groups in total. The van der Waals surface area contributed by atoms with Gasteiger partial charge in [0.05, 0.1) is 39.5 Å². The van der Waals surface area contributed by atoms with E-state index in [1.54, 1.807) is 0 Å². The van der Waals surface area contributed by atoms with E-state index in [4.69, 9.17) is 15.0 Å². The summed E-state index contributed by atoms with van der Waals surface area (Å²) in [4.78, 5) is 16.3. The highest BCUT2D eigenvalue weighted by molar-refractivity contribution is 7.26. The van der Waals surface area contributed by atoms with Gasteiger partial charge in [-0.1, -0.05) is 170 Å². The maximum absolute atomic E-state index is 5.45. The fraction of sp³-hybridized carbons (Fsp3) is 0. The maximum atomic E-state index is 5.45. The van der Waals surface area contributed by atoms with Crippen molar-refractivity contribution in [3.05, 3.63) is 218 Å². The monoisotopic (exact) mass is 808 g/mol. The Morgan fingerprint density at radius 1 is 0.339 bits per heavy atom. The van der Waals surface area contributed by atoms with Crippen LogP contribution in [0.15, 0.2) is 218 Å². The van der Waals surface area contributed by atoms with E-state index in [-0.39, 0.29) is 0 Å². The summed E-state index contributed by atoms with van der Waals surface area (Å²) < 4.78 is 4.98. The number of benzene rings is 8. The summed E-state index contributed by atoms with van der Waals surface area (Å²) in [6.45, 7) is 0. The molecule has 0 unspecified atom stereocenters. The van der Waals surface area contributed by atoms with E-state index >= 15 is 0 Å². The third kappa shape index (κ3) is 6.18. The van der Waals surface area contributed by atoms with Crippen molar-refractivity contribution in [2.45, 2.75) is 0 Å². The number of thiophene rings is 1. The van der Waals surface area contributed by atoms with Crippen LogP contribution in [0.5, 0.6) is 0 Å². The molecule has 62 heavy (non-hydrogen) atoms. The second kappa shape index (κ2) is 14.9. The molecular formula is C57H36N4S. The van der Waals surface area contributed by atoms with Crippen LogP contribution in [-0.2, 0) is 0 Å². The van der Waals surface area contributed by atoms with Gasteiger partial charge in [0.2, 0.25) is 0 Å². The molecule has 8 aromatic carbocycles. The number of aromatic nitrogens is 4. The molecule has 12 rings (SSSR count). The van der Waals surface area contributed by atoms with Gasteiger partial charge < -0.3 is 4.57 Å². The summed E-state index contributed by atoms with van der Waals surface area (Å²) in [7, 11) is 0. The smallest absolute Gasteiger partial charge is 0.162 e. The van der Waals surface area contributed by atoms with Crippen LogP contribution >= 0.6 is 11.3 Å². The molecule has 0 spiro atoms. The third-order valence-corrected chi connectivity index (χ3v) is 13.0. The van der Waals surface area contributed by atoms with Crippen LogP contribution in [0.25, 0.3) is 115 Å². The van der Waals surface area contributed by atoms with Crippen LogP contribution in [0.4, 0.5) is 0 Å². The fourth-order valence-electron chi connectivity index (χ4n) is 8.90. The van der Waals surface area contributed by atoms with Gasteiger partial charge in [-0.3, -0.25) is 0 Å². The minimum Gasteiger partial charge on any atom is -0.308 e. The average Bonchev–Trinajstić information content (AvgIpc) is 3.90. The highest BCUT2D eigenvalue weighted by atomic mass is 32.1. The molecule has 0 aliphatic carbocycles. The van der Waals surface area contributed by atoms with E-state index < -0.39 is 0 Å². The van der Waals surface area contributed by atoms with Crippen LogP contribution < -0.4 is 0 Å². The second-order valence-corrected chi connectivity index (χ2v) is 16.7. The number of pyridine rings is 1. The van der Waals surface area contributed by atoms with Crippen molar-refractivity contribution in [1.82, 2.24) is 19.5 Å². The average molecular weight is 809 g/mol. The fourth-order valence-corrected chi connectivity index (χ4v) is 10.0. The van der Waals surface area contributed by atoms with Gasteiger partial charge >= 0.3 is 0 Å². The Morgan fingerprint density at radius 2 is 0.871 bits per heavy atom. The first-order chi connectivity index (χ1) is 30.7. The molecule has 290 valence electrons. The highest BCUT2D eigenvalue weighted by Crippen LogP contribution is 2.45. The molecular weight excluding hydrogens is 773 g/mol. The van der Waals surface area contributed by atoms with Crippen LogP contribution in [-0.4, -0.2) is 19.5 Å². The van der Waals surface area contributed by atoms with Crippen LogP contribution in [0.3, 0.4) is 0 Å². The maximum Gasteiger partial charge on any atom is 0.162 e. The molecule has 0 bridgehead atoms. The molecule has 0 radical (unpaired) electrons. The zero-order valence-corrected chi connectivity index (χ0v) is 34.3. The number of hydrogen-bond donors (Lipinski definition) is 0. The lowest BCUT2D eigenvalue weighted by Crippen LogP contribution is -2.03. The second-order valence-electron chi connectivity index (χ2n) is 15.6. The summed E-state index contributed by atoms with van der Waals surface area (Å²) in [6.07, 6.45) is 0. The highest BCUT2D eigenvalue weighted by Gasteiger charge is 2.23. The first-order valence-electron chi connectivity index (χ1n) is 20.8. The quantitative estimate of drug-likeness (QED) is 0.161. The Kier molecular flexibility index (Phi) is 8.65. The predicted molar refractivity (Wildman–Crippen MR) is 260 cm³/mol. The standard InChI is InChI=1S/C57H36N4S/c1-5-17-37(18-6-1)42-34-47(38-19-7-2-8-20-38)58-48(35-42)41-29-31-52(46(33-41)57-59-49(39-21-9-3-10-22-39)36-50(60-57)40-23-11-4-12-24-40)61-51-27-15-13-25-43(51)44-30-32-54-55(56(44)61)45-26-14-16-28-53(45)62-54/h1-36H. The van der Waals surface area contributed by atoms with Gasteiger partial charge in [0.1, 0.15) is 0 Å². The summed E-state index contributed by atoms with van der Waals surface area (Å²) in [5, 5.41) is 4.91. The third-order valence-electron chi connectivity index (χ3n) is 11.8. The molecule has 0 saturated heterocycles. The molecule has 0 aliphatic heterocycles.